The van der Waals surface area contributed by atoms with Gasteiger partial charge in [-0.1, -0.05) is 109 Å². The SMILES string of the molecule is c1ccc(N(c2cccc3c2sc2ccc4ccccc4c23)c2cccc3c2c2cc4ccccc4cc2n3-c2ccccc2)cc1. The molecule has 0 atom stereocenters. The zero-order valence-corrected chi connectivity index (χ0v) is 26.3. The molecule has 0 radical (unpaired) electrons. The maximum atomic E-state index is 2.48. The zero-order valence-electron chi connectivity index (χ0n) is 25.5. The van der Waals surface area contributed by atoms with E-state index in [9.17, 15) is 0 Å². The van der Waals surface area contributed by atoms with Crippen LogP contribution in [-0.4, -0.2) is 4.57 Å². The number of para-hydroxylation sites is 2. The summed E-state index contributed by atoms with van der Waals surface area (Å²) in [4.78, 5) is 2.48. The first-order valence-electron chi connectivity index (χ1n) is 16.0. The Labute approximate surface area is 276 Å². The summed E-state index contributed by atoms with van der Waals surface area (Å²) in [5.41, 5.74) is 7.04. The van der Waals surface area contributed by atoms with Crippen molar-refractivity contribution < 1.29 is 0 Å². The van der Waals surface area contributed by atoms with Crippen molar-refractivity contribution in [1.29, 1.82) is 0 Å². The van der Waals surface area contributed by atoms with Crippen molar-refractivity contribution >= 4 is 91.9 Å². The predicted octanol–water partition coefficient (Wildman–Crippen LogP) is 12.9. The molecule has 8 aromatic carbocycles. The Kier molecular flexibility index (Phi) is 5.78. The van der Waals surface area contributed by atoms with E-state index < -0.39 is 0 Å². The van der Waals surface area contributed by atoms with Gasteiger partial charge in [0.15, 0.2) is 0 Å². The lowest BCUT2D eigenvalue weighted by Gasteiger charge is -2.27. The van der Waals surface area contributed by atoms with Crippen molar-refractivity contribution in [2.24, 2.45) is 0 Å². The number of aromatic nitrogens is 1. The Balaban J connectivity index is 1.34. The largest absolute Gasteiger partial charge is 0.309 e. The summed E-state index contributed by atoms with van der Waals surface area (Å²) in [6, 6.07) is 61.9. The molecule has 47 heavy (non-hydrogen) atoms. The van der Waals surface area contributed by atoms with Gasteiger partial charge in [0.2, 0.25) is 0 Å². The van der Waals surface area contributed by atoms with Crippen LogP contribution in [-0.2, 0) is 0 Å². The van der Waals surface area contributed by atoms with Crippen molar-refractivity contribution in [3.05, 3.63) is 170 Å². The highest BCUT2D eigenvalue weighted by atomic mass is 32.1. The number of hydrogen-bond donors (Lipinski definition) is 0. The summed E-state index contributed by atoms with van der Waals surface area (Å²) in [7, 11) is 0. The molecule has 0 aliphatic rings. The van der Waals surface area contributed by atoms with Gasteiger partial charge in [-0.2, -0.15) is 0 Å². The molecule has 0 bridgehead atoms. The number of hydrogen-bond acceptors (Lipinski definition) is 2. The Morgan fingerprint density at radius 2 is 1.09 bits per heavy atom. The minimum atomic E-state index is 1.14. The van der Waals surface area contributed by atoms with Gasteiger partial charge in [0.25, 0.3) is 0 Å². The van der Waals surface area contributed by atoms with Gasteiger partial charge in [-0.3, -0.25) is 0 Å². The summed E-state index contributed by atoms with van der Waals surface area (Å²) in [6.07, 6.45) is 0. The van der Waals surface area contributed by atoms with Gasteiger partial charge in [-0.15, -0.1) is 11.3 Å². The lowest BCUT2D eigenvalue weighted by molar-refractivity contribution is 1.18. The average molecular weight is 617 g/mol. The molecule has 3 heteroatoms. The molecule has 220 valence electrons. The van der Waals surface area contributed by atoms with Crippen LogP contribution in [0.1, 0.15) is 0 Å². The molecule has 0 aliphatic heterocycles. The monoisotopic (exact) mass is 616 g/mol. The molecule has 0 saturated heterocycles. The van der Waals surface area contributed by atoms with Crippen LogP contribution in [0.3, 0.4) is 0 Å². The van der Waals surface area contributed by atoms with E-state index in [1.54, 1.807) is 0 Å². The topological polar surface area (TPSA) is 8.17 Å². The molecule has 0 fully saturated rings. The van der Waals surface area contributed by atoms with Gasteiger partial charge < -0.3 is 9.47 Å². The van der Waals surface area contributed by atoms with Crippen molar-refractivity contribution in [2.45, 2.75) is 0 Å². The normalized spacial score (nSPS) is 11.8. The molecule has 0 aliphatic carbocycles. The van der Waals surface area contributed by atoms with E-state index in [-0.39, 0.29) is 0 Å². The average Bonchev–Trinajstić information content (AvgIpc) is 3.68. The lowest BCUT2D eigenvalue weighted by atomic mass is 10.0. The van der Waals surface area contributed by atoms with Crippen LogP contribution in [0.25, 0.3) is 69.2 Å². The van der Waals surface area contributed by atoms with Crippen molar-refractivity contribution in [2.75, 3.05) is 4.90 Å². The Morgan fingerprint density at radius 3 is 1.91 bits per heavy atom. The van der Waals surface area contributed by atoms with Crippen LogP contribution >= 0.6 is 11.3 Å². The summed E-state index contributed by atoms with van der Waals surface area (Å²) >= 11 is 1.89. The third kappa shape index (κ3) is 3.97. The van der Waals surface area contributed by atoms with E-state index in [1.807, 2.05) is 11.3 Å². The minimum absolute atomic E-state index is 1.14. The first-order valence-corrected chi connectivity index (χ1v) is 16.8. The molecule has 2 aromatic heterocycles. The third-order valence-electron chi connectivity index (χ3n) is 9.51. The Bertz CT molecular complexity index is 2790. The van der Waals surface area contributed by atoms with E-state index in [2.05, 4.69) is 179 Å². The molecule has 0 saturated carbocycles. The number of rotatable bonds is 4. The molecular weight excluding hydrogens is 589 g/mol. The fraction of sp³-hybridized carbons (Fsp3) is 0. The molecule has 2 heterocycles. The first kappa shape index (κ1) is 26.3. The van der Waals surface area contributed by atoms with Crippen LogP contribution in [0.5, 0.6) is 0 Å². The summed E-state index contributed by atoms with van der Waals surface area (Å²) in [5, 5.41) is 10.2. The van der Waals surface area contributed by atoms with Gasteiger partial charge >= 0.3 is 0 Å². The maximum absolute atomic E-state index is 2.48. The van der Waals surface area contributed by atoms with Crippen molar-refractivity contribution in [3.8, 4) is 5.69 Å². The van der Waals surface area contributed by atoms with Gasteiger partial charge in [-0.25, -0.2) is 0 Å². The second-order valence-electron chi connectivity index (χ2n) is 12.1. The number of thiophene rings is 1. The molecular formula is C44H28N2S. The van der Waals surface area contributed by atoms with Crippen molar-refractivity contribution in [1.82, 2.24) is 4.57 Å². The highest BCUT2D eigenvalue weighted by molar-refractivity contribution is 7.26. The van der Waals surface area contributed by atoms with E-state index >= 15 is 0 Å². The first-order chi connectivity index (χ1) is 23.3. The fourth-order valence-electron chi connectivity index (χ4n) is 7.49. The zero-order chi connectivity index (χ0) is 30.9. The predicted molar refractivity (Wildman–Crippen MR) is 203 cm³/mol. The van der Waals surface area contributed by atoms with Crippen LogP contribution in [0, 0.1) is 0 Å². The number of benzene rings is 8. The molecule has 0 amide bonds. The van der Waals surface area contributed by atoms with Crippen LogP contribution in [0.15, 0.2) is 170 Å². The smallest absolute Gasteiger partial charge is 0.0640 e. The summed E-state index contributed by atoms with van der Waals surface area (Å²) < 4.78 is 5.03. The highest BCUT2D eigenvalue weighted by Crippen LogP contribution is 2.49. The second kappa shape index (κ2) is 10.3. The number of fused-ring (bicyclic) bond motifs is 9. The lowest BCUT2D eigenvalue weighted by Crippen LogP contribution is -2.10. The van der Waals surface area contributed by atoms with Crippen LogP contribution in [0.2, 0.25) is 0 Å². The molecule has 2 nitrogen and oxygen atoms in total. The van der Waals surface area contributed by atoms with Crippen LogP contribution < -0.4 is 4.90 Å². The van der Waals surface area contributed by atoms with Crippen molar-refractivity contribution in [3.63, 3.8) is 0 Å². The molecule has 0 spiro atoms. The summed E-state index contributed by atoms with van der Waals surface area (Å²) in [6.45, 7) is 0. The van der Waals surface area contributed by atoms with E-state index in [0.717, 1.165) is 11.4 Å². The highest BCUT2D eigenvalue weighted by Gasteiger charge is 2.23. The summed E-state index contributed by atoms with van der Waals surface area (Å²) in [5.74, 6) is 0. The van der Waals surface area contributed by atoms with Gasteiger partial charge in [0.05, 0.1) is 27.1 Å². The number of anilines is 3. The third-order valence-corrected chi connectivity index (χ3v) is 10.7. The quantitative estimate of drug-likeness (QED) is 0.191. The van der Waals surface area contributed by atoms with Gasteiger partial charge in [0, 0.05) is 37.6 Å². The standard InChI is InChI=1S/C44H28N2S/c1-3-16-32(17-4-1)45(39-24-11-21-35-42-34-20-10-9-13-29(34)25-26-41(42)47-44(35)39)37-22-12-23-38-43(37)36-27-30-14-7-8-15-31(30)28-40(36)46(38)33-18-5-2-6-19-33/h1-28H. The van der Waals surface area contributed by atoms with Crippen LogP contribution in [0.4, 0.5) is 17.1 Å². The van der Waals surface area contributed by atoms with Gasteiger partial charge in [0.1, 0.15) is 0 Å². The number of nitrogens with zero attached hydrogens (tertiary/aromatic N) is 2. The molecule has 10 aromatic rings. The van der Waals surface area contributed by atoms with E-state index in [1.165, 1.54) is 74.9 Å². The Morgan fingerprint density at radius 1 is 0.426 bits per heavy atom. The van der Waals surface area contributed by atoms with E-state index in [4.69, 9.17) is 0 Å². The fourth-order valence-corrected chi connectivity index (χ4v) is 8.71. The molecule has 0 unspecified atom stereocenters. The second-order valence-corrected chi connectivity index (χ2v) is 13.2. The van der Waals surface area contributed by atoms with Gasteiger partial charge in [-0.05, 0) is 82.2 Å². The minimum Gasteiger partial charge on any atom is -0.309 e. The maximum Gasteiger partial charge on any atom is 0.0640 e. The molecule has 10 rings (SSSR count). The Hall–Kier alpha value is -5.90. The van der Waals surface area contributed by atoms with E-state index in [0.29, 0.717) is 0 Å². The molecule has 0 N–H and O–H groups in total.